The van der Waals surface area contributed by atoms with Crippen molar-refractivity contribution in [2.24, 2.45) is 5.73 Å². The van der Waals surface area contributed by atoms with E-state index in [4.69, 9.17) is 15.9 Å². The van der Waals surface area contributed by atoms with E-state index in [1.165, 1.54) is 0 Å². The molecule has 11 heteroatoms. The molecule has 0 aliphatic heterocycles. The predicted molar refractivity (Wildman–Crippen MR) is 84.0 cm³/mol. The fourth-order valence-electron chi connectivity index (χ4n) is 1.36. The molecule has 22 heavy (non-hydrogen) atoms. The summed E-state index contributed by atoms with van der Waals surface area (Å²) in [6.45, 7) is 0. The lowest BCUT2D eigenvalue weighted by Gasteiger charge is -2.21. The zero-order valence-electron chi connectivity index (χ0n) is 11.6. The molecule has 3 unspecified atom stereocenters. The Hall–Kier alpha value is -1.46. The van der Waals surface area contributed by atoms with E-state index in [1.54, 1.807) is 0 Å². The quantitative estimate of drug-likeness (QED) is 0.226. The first kappa shape index (κ1) is 20.5. The van der Waals surface area contributed by atoms with E-state index in [2.05, 4.69) is 35.9 Å². The van der Waals surface area contributed by atoms with Crippen LogP contribution in [0.2, 0.25) is 0 Å². The van der Waals surface area contributed by atoms with Crippen LogP contribution in [0.5, 0.6) is 0 Å². The second kappa shape index (κ2) is 10.3. The Kier molecular flexibility index (Phi) is 9.61. The van der Waals surface area contributed by atoms with Crippen LogP contribution in [-0.2, 0) is 19.2 Å². The van der Waals surface area contributed by atoms with E-state index in [1.807, 2.05) is 0 Å². The van der Waals surface area contributed by atoms with Gasteiger partial charge in [-0.05, 0) is 6.42 Å². The van der Waals surface area contributed by atoms with Crippen LogP contribution in [-0.4, -0.2) is 63.6 Å². The van der Waals surface area contributed by atoms with Crippen LogP contribution >= 0.6 is 25.3 Å². The van der Waals surface area contributed by atoms with E-state index in [-0.39, 0.29) is 24.3 Å². The number of carbonyl (C=O) groups is 4. The van der Waals surface area contributed by atoms with Gasteiger partial charge in [0, 0.05) is 17.9 Å². The van der Waals surface area contributed by atoms with Crippen LogP contribution in [0, 0.1) is 0 Å². The maximum absolute atomic E-state index is 12.0. The van der Waals surface area contributed by atoms with Gasteiger partial charge in [-0.2, -0.15) is 25.3 Å². The Balaban J connectivity index is 4.89. The van der Waals surface area contributed by atoms with Crippen molar-refractivity contribution in [2.75, 3.05) is 11.5 Å². The molecule has 0 bridgehead atoms. The second-order valence-electron chi connectivity index (χ2n) is 4.36. The third-order valence-electron chi connectivity index (χ3n) is 2.61. The summed E-state index contributed by atoms with van der Waals surface area (Å²) < 4.78 is 0. The highest BCUT2D eigenvalue weighted by atomic mass is 32.1. The fraction of sp³-hybridized carbons (Fsp3) is 0.636. The fourth-order valence-corrected chi connectivity index (χ4v) is 1.77. The molecule has 2 amide bonds. The number of carboxylic acids is 2. The lowest BCUT2D eigenvalue weighted by molar-refractivity contribution is -0.142. The summed E-state index contributed by atoms with van der Waals surface area (Å²) in [7, 11) is 0. The third kappa shape index (κ3) is 7.52. The number of carboxylic acid groups (broad SMARTS) is 2. The molecule has 0 saturated carbocycles. The third-order valence-corrected chi connectivity index (χ3v) is 3.37. The molecule has 0 aromatic heterocycles. The van der Waals surface area contributed by atoms with Crippen LogP contribution < -0.4 is 16.4 Å². The van der Waals surface area contributed by atoms with Crippen molar-refractivity contribution in [3.8, 4) is 0 Å². The van der Waals surface area contributed by atoms with Gasteiger partial charge >= 0.3 is 11.9 Å². The van der Waals surface area contributed by atoms with Crippen LogP contribution in [0.3, 0.4) is 0 Å². The number of thiol groups is 2. The monoisotopic (exact) mass is 353 g/mol. The predicted octanol–water partition coefficient (Wildman–Crippen LogP) is -1.91. The van der Waals surface area contributed by atoms with Crippen LogP contribution in [0.15, 0.2) is 0 Å². The van der Waals surface area contributed by atoms with Crippen molar-refractivity contribution in [1.29, 1.82) is 0 Å². The minimum absolute atomic E-state index is 0.0352. The Morgan fingerprint density at radius 1 is 0.955 bits per heavy atom. The average Bonchev–Trinajstić information content (AvgIpc) is 2.46. The van der Waals surface area contributed by atoms with Crippen molar-refractivity contribution in [3.63, 3.8) is 0 Å². The van der Waals surface area contributed by atoms with Gasteiger partial charge < -0.3 is 26.6 Å². The molecule has 6 N–H and O–H groups in total. The minimum atomic E-state index is -1.29. The zero-order chi connectivity index (χ0) is 17.3. The first-order valence-corrected chi connectivity index (χ1v) is 7.52. The van der Waals surface area contributed by atoms with Gasteiger partial charge in [0.25, 0.3) is 0 Å². The molecule has 0 aliphatic carbocycles. The highest BCUT2D eigenvalue weighted by Crippen LogP contribution is 2.01. The maximum Gasteiger partial charge on any atom is 0.327 e. The molecule has 126 valence electrons. The molecule has 0 aliphatic rings. The van der Waals surface area contributed by atoms with Crippen LogP contribution in [0.4, 0.5) is 0 Å². The summed E-state index contributed by atoms with van der Waals surface area (Å²) in [5, 5.41) is 22.0. The summed E-state index contributed by atoms with van der Waals surface area (Å²) in [6, 6.07) is -3.43. The molecule has 3 atom stereocenters. The topological polar surface area (TPSA) is 159 Å². The summed E-state index contributed by atoms with van der Waals surface area (Å²) in [4.78, 5) is 45.1. The molecule has 0 aromatic rings. The van der Waals surface area contributed by atoms with Crippen LogP contribution in [0.25, 0.3) is 0 Å². The molecule has 0 rings (SSSR count). The lowest BCUT2D eigenvalue weighted by atomic mass is 10.1. The summed E-state index contributed by atoms with van der Waals surface area (Å²) in [5.74, 6) is -4.07. The number of aliphatic carboxylic acids is 2. The minimum Gasteiger partial charge on any atom is -0.481 e. The Morgan fingerprint density at radius 2 is 1.50 bits per heavy atom. The van der Waals surface area contributed by atoms with E-state index in [9.17, 15) is 19.2 Å². The van der Waals surface area contributed by atoms with Crippen molar-refractivity contribution < 1.29 is 29.4 Å². The number of hydrogen-bond donors (Lipinski definition) is 7. The Bertz CT molecular complexity index is 434. The number of carbonyl (C=O) groups excluding carboxylic acids is 2. The van der Waals surface area contributed by atoms with E-state index < -0.39 is 41.9 Å². The number of amides is 2. The molecular formula is C11H19N3O6S2. The van der Waals surface area contributed by atoms with Crippen molar-refractivity contribution in [2.45, 2.75) is 31.0 Å². The van der Waals surface area contributed by atoms with Gasteiger partial charge in [0.15, 0.2) is 0 Å². The maximum atomic E-state index is 12.0. The molecule has 0 saturated heterocycles. The smallest absolute Gasteiger partial charge is 0.327 e. The standard InChI is InChI=1S/C11H19N3O6S2/c12-5(3-21)9(17)13-6(1-2-8(15)16)10(18)14-7(4-22)11(19)20/h5-7,21-22H,1-4,12H2,(H,13,17)(H,14,18)(H,15,16)(H,19,20). The summed E-state index contributed by atoms with van der Waals surface area (Å²) >= 11 is 7.64. The number of nitrogens with one attached hydrogen (secondary N) is 2. The summed E-state index contributed by atoms with van der Waals surface area (Å²) in [5.41, 5.74) is 5.45. The first-order valence-electron chi connectivity index (χ1n) is 6.25. The van der Waals surface area contributed by atoms with Gasteiger partial charge in [0.1, 0.15) is 12.1 Å². The number of hydrogen-bond acceptors (Lipinski definition) is 7. The van der Waals surface area contributed by atoms with Gasteiger partial charge in [-0.15, -0.1) is 0 Å². The number of rotatable bonds is 10. The van der Waals surface area contributed by atoms with Gasteiger partial charge in [0.05, 0.1) is 6.04 Å². The van der Waals surface area contributed by atoms with E-state index >= 15 is 0 Å². The molecule has 0 radical (unpaired) electrons. The van der Waals surface area contributed by atoms with E-state index in [0.29, 0.717) is 0 Å². The molecule has 0 fully saturated rings. The molecule has 0 heterocycles. The summed E-state index contributed by atoms with van der Waals surface area (Å²) in [6.07, 6.45) is -0.585. The number of nitrogens with two attached hydrogens (primary N) is 1. The van der Waals surface area contributed by atoms with Crippen molar-refractivity contribution in [1.82, 2.24) is 10.6 Å². The average molecular weight is 353 g/mol. The first-order chi connectivity index (χ1) is 10.2. The Morgan fingerprint density at radius 3 is 1.91 bits per heavy atom. The molecule has 0 spiro atoms. The zero-order valence-corrected chi connectivity index (χ0v) is 13.3. The normalized spacial score (nSPS) is 14.5. The molecule has 0 aromatic carbocycles. The van der Waals surface area contributed by atoms with Gasteiger partial charge in [-0.3, -0.25) is 14.4 Å². The van der Waals surface area contributed by atoms with E-state index in [0.717, 1.165) is 0 Å². The highest BCUT2D eigenvalue weighted by molar-refractivity contribution is 7.80. The Labute approximate surface area is 137 Å². The molecular weight excluding hydrogens is 334 g/mol. The lowest BCUT2D eigenvalue weighted by Crippen LogP contribution is -2.55. The van der Waals surface area contributed by atoms with Gasteiger partial charge in [-0.25, -0.2) is 4.79 Å². The highest BCUT2D eigenvalue weighted by Gasteiger charge is 2.27. The van der Waals surface area contributed by atoms with Crippen molar-refractivity contribution in [3.05, 3.63) is 0 Å². The second-order valence-corrected chi connectivity index (χ2v) is 5.09. The van der Waals surface area contributed by atoms with Gasteiger partial charge in [-0.1, -0.05) is 0 Å². The largest absolute Gasteiger partial charge is 0.481 e. The molecule has 9 nitrogen and oxygen atoms in total. The van der Waals surface area contributed by atoms with Crippen molar-refractivity contribution >= 4 is 49.0 Å². The van der Waals surface area contributed by atoms with Crippen LogP contribution in [0.1, 0.15) is 12.8 Å². The SMILES string of the molecule is NC(CS)C(=O)NC(CCC(=O)O)C(=O)NC(CS)C(=O)O. The van der Waals surface area contributed by atoms with Gasteiger partial charge in [0.2, 0.25) is 11.8 Å².